The zero-order valence-corrected chi connectivity index (χ0v) is 24.5. The second-order valence-corrected chi connectivity index (χ2v) is 10.7. The van der Waals surface area contributed by atoms with Crippen molar-refractivity contribution in [2.45, 2.75) is 33.4 Å². The van der Waals surface area contributed by atoms with E-state index in [2.05, 4.69) is 4.99 Å². The molecule has 210 valence electrons. The molecule has 1 aliphatic heterocycles. The first-order chi connectivity index (χ1) is 19.9. The summed E-state index contributed by atoms with van der Waals surface area (Å²) >= 11 is 7.26. The van der Waals surface area contributed by atoms with Crippen LogP contribution in [0, 0.1) is 0 Å². The molecule has 2 heterocycles. The molecule has 4 aromatic rings. The molecule has 1 atom stereocenters. The number of benzene rings is 3. The van der Waals surface area contributed by atoms with E-state index in [1.165, 1.54) is 11.3 Å². The van der Waals surface area contributed by atoms with E-state index in [9.17, 15) is 9.59 Å². The van der Waals surface area contributed by atoms with Gasteiger partial charge in [0.25, 0.3) is 5.56 Å². The van der Waals surface area contributed by atoms with E-state index in [0.717, 1.165) is 16.7 Å². The number of nitrogens with zero attached hydrogens (tertiary/aromatic N) is 2. The third-order valence-corrected chi connectivity index (χ3v) is 7.74. The number of fused-ring (bicyclic) bond motifs is 1. The van der Waals surface area contributed by atoms with Gasteiger partial charge in [0.05, 0.1) is 35.1 Å². The van der Waals surface area contributed by atoms with Crippen molar-refractivity contribution in [3.05, 3.63) is 125 Å². The minimum atomic E-state index is -0.642. The van der Waals surface area contributed by atoms with E-state index in [1.807, 2.05) is 79.7 Å². The second kappa shape index (κ2) is 12.6. The van der Waals surface area contributed by atoms with Gasteiger partial charge in [-0.15, -0.1) is 0 Å². The maximum absolute atomic E-state index is 13.8. The van der Waals surface area contributed by atoms with Crippen LogP contribution in [-0.2, 0) is 16.1 Å². The first kappa shape index (κ1) is 28.4. The number of esters is 1. The Morgan fingerprint density at radius 3 is 2.46 bits per heavy atom. The first-order valence-corrected chi connectivity index (χ1v) is 14.5. The largest absolute Gasteiger partial charge is 0.490 e. The van der Waals surface area contributed by atoms with Gasteiger partial charge in [-0.3, -0.25) is 9.36 Å². The van der Waals surface area contributed by atoms with Crippen LogP contribution in [-0.4, -0.2) is 23.8 Å². The minimum absolute atomic E-state index is 0.225. The molecule has 0 unspecified atom stereocenters. The number of carbonyl (C=O) groups is 1. The lowest BCUT2D eigenvalue weighted by molar-refractivity contribution is -0.139. The Labute approximate surface area is 246 Å². The van der Waals surface area contributed by atoms with E-state index < -0.39 is 12.0 Å². The first-order valence-electron chi connectivity index (χ1n) is 13.3. The van der Waals surface area contributed by atoms with E-state index in [-0.39, 0.29) is 12.2 Å². The molecule has 5 rings (SSSR count). The van der Waals surface area contributed by atoms with Crippen molar-refractivity contribution in [3.8, 4) is 11.5 Å². The molecular weight excluding hydrogens is 560 g/mol. The third-order valence-electron chi connectivity index (χ3n) is 6.51. The quantitative estimate of drug-likeness (QED) is 0.244. The maximum Gasteiger partial charge on any atom is 0.338 e. The molecular formula is C32H29ClN2O5S. The van der Waals surface area contributed by atoms with Gasteiger partial charge in [0.2, 0.25) is 0 Å². The molecule has 0 aliphatic carbocycles. The van der Waals surface area contributed by atoms with Crippen LogP contribution in [0.4, 0.5) is 0 Å². The van der Waals surface area contributed by atoms with Gasteiger partial charge < -0.3 is 14.2 Å². The molecule has 9 heteroatoms. The highest BCUT2D eigenvalue weighted by Crippen LogP contribution is 2.31. The second-order valence-electron chi connectivity index (χ2n) is 9.27. The molecule has 0 spiro atoms. The minimum Gasteiger partial charge on any atom is -0.490 e. The molecule has 0 saturated heterocycles. The highest BCUT2D eigenvalue weighted by molar-refractivity contribution is 7.07. The van der Waals surface area contributed by atoms with Gasteiger partial charge in [-0.25, -0.2) is 9.79 Å². The Bertz CT molecular complexity index is 1780. The lowest BCUT2D eigenvalue weighted by Crippen LogP contribution is -2.39. The van der Waals surface area contributed by atoms with Crippen molar-refractivity contribution >= 4 is 35.0 Å². The highest BCUT2D eigenvalue weighted by atomic mass is 35.5. The Balaban J connectivity index is 1.53. The predicted molar refractivity (Wildman–Crippen MR) is 160 cm³/mol. The van der Waals surface area contributed by atoms with Crippen LogP contribution in [0.2, 0.25) is 5.02 Å². The smallest absolute Gasteiger partial charge is 0.338 e. The molecule has 0 amide bonds. The molecule has 1 aliphatic rings. The summed E-state index contributed by atoms with van der Waals surface area (Å²) in [6.45, 7) is 6.47. The molecule has 1 aromatic heterocycles. The van der Waals surface area contributed by atoms with Crippen molar-refractivity contribution in [1.82, 2.24) is 4.57 Å². The number of thiazole rings is 1. The molecule has 0 bridgehead atoms. The molecule has 0 fully saturated rings. The summed E-state index contributed by atoms with van der Waals surface area (Å²) in [5.41, 5.74) is 3.21. The number of rotatable bonds is 9. The van der Waals surface area contributed by atoms with Crippen molar-refractivity contribution in [3.63, 3.8) is 0 Å². The summed E-state index contributed by atoms with van der Waals surface area (Å²) in [4.78, 5) is 32.0. The SMILES string of the molecule is CCOC(=O)C1=C(C)N=c2s/c(=C\c3ccc(OCc4ccc(Cl)cc4)c(OCC)c3)c(=O)n2[C@H]1c1ccccc1. The standard InChI is InChI=1S/C32H29ClN2O5S/c1-4-38-26-17-22(13-16-25(26)40-19-21-11-14-24(33)15-12-21)18-27-30(36)35-29(23-9-7-6-8-10-23)28(31(37)39-5-2)20(3)34-32(35)41-27/h6-18,29H,4-5,19H2,1-3H3/b27-18-/t29-/m0/s1. The van der Waals surface area contributed by atoms with Crippen LogP contribution >= 0.6 is 22.9 Å². The van der Waals surface area contributed by atoms with Gasteiger partial charge in [0, 0.05) is 5.02 Å². The number of halogens is 1. The Hall–Kier alpha value is -4.14. The normalized spacial score (nSPS) is 14.8. The third kappa shape index (κ3) is 6.14. The van der Waals surface area contributed by atoms with Crippen LogP contribution < -0.4 is 24.4 Å². The average molecular weight is 589 g/mol. The highest BCUT2D eigenvalue weighted by Gasteiger charge is 2.33. The predicted octanol–water partition coefficient (Wildman–Crippen LogP) is 5.43. The summed E-state index contributed by atoms with van der Waals surface area (Å²) in [7, 11) is 0. The zero-order valence-electron chi connectivity index (χ0n) is 22.9. The molecule has 0 N–H and O–H groups in total. The molecule has 0 saturated carbocycles. The molecule has 3 aromatic carbocycles. The van der Waals surface area contributed by atoms with Crippen molar-refractivity contribution in [2.24, 2.45) is 4.99 Å². The summed E-state index contributed by atoms with van der Waals surface area (Å²) in [6, 6.07) is 21.8. The van der Waals surface area contributed by atoms with Gasteiger partial charge in [-0.05, 0) is 67.8 Å². The molecule has 0 radical (unpaired) electrons. The van der Waals surface area contributed by atoms with Gasteiger partial charge in [-0.2, -0.15) is 0 Å². The van der Waals surface area contributed by atoms with E-state index in [4.69, 9.17) is 25.8 Å². The van der Waals surface area contributed by atoms with Crippen LogP contribution in [0.3, 0.4) is 0 Å². The summed E-state index contributed by atoms with van der Waals surface area (Å²) in [5, 5.41) is 0.667. The van der Waals surface area contributed by atoms with E-state index in [0.29, 0.717) is 50.3 Å². The monoisotopic (exact) mass is 588 g/mol. The maximum atomic E-state index is 13.8. The van der Waals surface area contributed by atoms with Gasteiger partial charge in [0.15, 0.2) is 16.3 Å². The Morgan fingerprint density at radius 2 is 1.76 bits per heavy atom. The Morgan fingerprint density at radius 1 is 1.00 bits per heavy atom. The fraction of sp³-hybridized carbons (Fsp3) is 0.219. The van der Waals surface area contributed by atoms with Crippen LogP contribution in [0.1, 0.15) is 43.5 Å². The van der Waals surface area contributed by atoms with E-state index >= 15 is 0 Å². The number of hydrogen-bond acceptors (Lipinski definition) is 7. The van der Waals surface area contributed by atoms with Gasteiger partial charge >= 0.3 is 5.97 Å². The number of allylic oxidation sites excluding steroid dienone is 1. The number of ether oxygens (including phenoxy) is 3. The summed E-state index contributed by atoms with van der Waals surface area (Å²) in [5.74, 6) is 0.692. The lowest BCUT2D eigenvalue weighted by atomic mass is 9.96. The topological polar surface area (TPSA) is 79.1 Å². The molecule has 7 nitrogen and oxygen atoms in total. The molecule has 41 heavy (non-hydrogen) atoms. The Kier molecular flexibility index (Phi) is 8.71. The van der Waals surface area contributed by atoms with Crippen LogP contribution in [0.15, 0.2) is 93.9 Å². The van der Waals surface area contributed by atoms with Crippen molar-refractivity contribution < 1.29 is 19.0 Å². The van der Waals surface area contributed by atoms with Crippen LogP contribution in [0.25, 0.3) is 6.08 Å². The summed E-state index contributed by atoms with van der Waals surface area (Å²) in [6.07, 6.45) is 1.81. The number of aromatic nitrogens is 1. The lowest BCUT2D eigenvalue weighted by Gasteiger charge is -2.24. The van der Waals surface area contributed by atoms with Gasteiger partial charge in [-0.1, -0.05) is 71.5 Å². The van der Waals surface area contributed by atoms with E-state index in [1.54, 1.807) is 24.5 Å². The fourth-order valence-corrected chi connectivity index (χ4v) is 5.81. The van der Waals surface area contributed by atoms with Gasteiger partial charge in [0.1, 0.15) is 6.61 Å². The van der Waals surface area contributed by atoms with Crippen molar-refractivity contribution in [1.29, 1.82) is 0 Å². The number of carbonyl (C=O) groups excluding carboxylic acids is 1. The summed E-state index contributed by atoms with van der Waals surface area (Å²) < 4.78 is 19.3. The average Bonchev–Trinajstić information content (AvgIpc) is 3.27. The fourth-order valence-electron chi connectivity index (χ4n) is 4.64. The van der Waals surface area contributed by atoms with Crippen molar-refractivity contribution in [2.75, 3.05) is 13.2 Å². The van der Waals surface area contributed by atoms with Crippen LogP contribution in [0.5, 0.6) is 11.5 Å². The number of hydrogen-bond donors (Lipinski definition) is 0. The zero-order chi connectivity index (χ0) is 28.9.